The van der Waals surface area contributed by atoms with Crippen LogP contribution in [-0.2, 0) is 0 Å². The van der Waals surface area contributed by atoms with E-state index >= 15 is 0 Å². The lowest BCUT2D eigenvalue weighted by Gasteiger charge is -1.46. The zero-order chi connectivity index (χ0) is 5.41. The van der Waals surface area contributed by atoms with Crippen molar-refractivity contribution in [1.29, 1.82) is 0 Å². The van der Waals surface area contributed by atoms with Crippen LogP contribution in [0.5, 0.6) is 0 Å². The highest BCUT2D eigenvalue weighted by Crippen LogP contribution is 1.08. The fraction of sp³-hybridized carbons (Fsp3) is 0. The molecular weight excluding hydrogens is 114 g/mol. The van der Waals surface area contributed by atoms with Crippen molar-refractivity contribution in [2.45, 2.75) is 0 Å². The van der Waals surface area contributed by atoms with E-state index in [4.69, 9.17) is 20.1 Å². The van der Waals surface area contributed by atoms with Crippen LogP contribution >= 0.6 is 0 Å². The molecule has 0 aliphatic rings. The average Bonchev–Trinajstić information content (AvgIpc) is 1.39. The minimum absolute atomic E-state index is 0. The van der Waals surface area contributed by atoms with Crippen LogP contribution in [0.4, 0.5) is 0 Å². The molecule has 0 aromatic rings. The van der Waals surface area contributed by atoms with Gasteiger partial charge in [0.05, 0.1) is 0 Å². The summed E-state index contributed by atoms with van der Waals surface area (Å²) in [6.45, 7) is 0. The first-order chi connectivity index (χ1) is 2.83. The summed E-state index contributed by atoms with van der Waals surface area (Å²) < 4.78 is 0. The summed E-state index contributed by atoms with van der Waals surface area (Å²) in [6.07, 6.45) is 0. The molecular formula is H8B2O4Si. The van der Waals surface area contributed by atoms with E-state index < -0.39 is 0 Å². The van der Waals surface area contributed by atoms with Crippen LogP contribution in [0.15, 0.2) is 0 Å². The molecule has 0 aromatic carbocycles. The van der Waals surface area contributed by atoms with E-state index in [1.165, 1.54) is 0 Å². The van der Waals surface area contributed by atoms with Crippen LogP contribution < -0.4 is 0 Å². The zero-order valence-electron chi connectivity index (χ0n) is 2.94. The molecule has 0 saturated heterocycles. The second-order valence-corrected chi connectivity index (χ2v) is 0.231. The Kier molecular flexibility index (Phi) is 78.0. The third-order valence-electron chi connectivity index (χ3n) is 0. The van der Waals surface area contributed by atoms with Crippen molar-refractivity contribution in [3.8, 4) is 0 Å². The van der Waals surface area contributed by atoms with Crippen molar-refractivity contribution in [3.63, 3.8) is 0 Å². The Bertz CT molecular complexity index is 11.7. The molecule has 0 rings (SSSR count). The predicted octanol–water partition coefficient (Wildman–Crippen LogP) is -4.44. The van der Waals surface area contributed by atoms with Crippen LogP contribution in [0.1, 0.15) is 0 Å². The molecule has 0 atom stereocenters. The fourth-order valence-corrected chi connectivity index (χ4v) is 0. The summed E-state index contributed by atoms with van der Waals surface area (Å²) in [5.74, 6) is 0. The zero-order valence-corrected chi connectivity index (χ0v) is 2.94. The van der Waals surface area contributed by atoms with E-state index in [2.05, 4.69) is 0 Å². The number of hydrogen-bond donors (Lipinski definition) is 4. The van der Waals surface area contributed by atoms with Gasteiger partial charge in [-0.2, -0.15) is 0 Å². The summed E-state index contributed by atoms with van der Waals surface area (Å²) in [5, 5.41) is 28.0. The maximum Gasteiger partial charge on any atom is 0.482 e. The highest BCUT2D eigenvalue weighted by molar-refractivity contribution is 6.13. The fourth-order valence-electron chi connectivity index (χ4n) is 0. The van der Waals surface area contributed by atoms with Crippen LogP contribution in [0.3, 0.4) is 0 Å². The van der Waals surface area contributed by atoms with Gasteiger partial charge >= 0.3 is 15.4 Å². The molecule has 0 heterocycles. The minimum Gasteiger partial charge on any atom is -0.429 e. The van der Waals surface area contributed by atoms with Gasteiger partial charge in [-0.3, -0.25) is 0 Å². The maximum absolute atomic E-state index is 7.00. The monoisotopic (exact) mass is 122 g/mol. The molecule has 0 aliphatic carbocycles. The Hall–Kier alpha value is 0.187. The summed E-state index contributed by atoms with van der Waals surface area (Å²) in [6, 6.07) is 0. The highest BCUT2D eigenvalue weighted by Gasteiger charge is 1.52. The van der Waals surface area contributed by atoms with Gasteiger partial charge in [-0.05, 0) is 11.0 Å². The van der Waals surface area contributed by atoms with Gasteiger partial charge in [0, 0.05) is 0 Å². The molecule has 0 saturated carbocycles. The molecule has 2 radical (unpaired) electrons. The standard InChI is InChI=1S/2BH2O2.H4Si/c2*2-1-3;/h2*2-3H;1H4. The molecule has 0 aromatic heterocycles. The molecule has 0 unspecified atom stereocenters. The molecule has 0 bridgehead atoms. The SMILES string of the molecule is O[B]O.O[B]O.[SiH4]. The maximum atomic E-state index is 7.00. The van der Waals surface area contributed by atoms with E-state index in [0.29, 0.717) is 0 Å². The first-order valence-electron chi connectivity index (χ1n) is 1.03. The van der Waals surface area contributed by atoms with Crippen molar-refractivity contribution < 1.29 is 20.1 Å². The van der Waals surface area contributed by atoms with Crippen molar-refractivity contribution in [2.75, 3.05) is 0 Å². The molecule has 0 aliphatic heterocycles. The van der Waals surface area contributed by atoms with Crippen LogP contribution in [-0.4, -0.2) is 46.4 Å². The van der Waals surface area contributed by atoms with Crippen LogP contribution in [0.25, 0.3) is 0 Å². The van der Waals surface area contributed by atoms with Crippen LogP contribution in [0, 0.1) is 0 Å². The van der Waals surface area contributed by atoms with Crippen molar-refractivity contribution >= 4 is 26.3 Å². The lowest BCUT2D eigenvalue weighted by atomic mass is 10.5. The molecule has 0 fully saturated rings. The summed E-state index contributed by atoms with van der Waals surface area (Å²) in [4.78, 5) is 0. The number of hydrogen-bond acceptors (Lipinski definition) is 4. The Balaban J connectivity index is -0.0000000400. The van der Waals surface area contributed by atoms with E-state index in [-0.39, 0.29) is 26.3 Å². The van der Waals surface area contributed by atoms with Crippen molar-refractivity contribution in [2.24, 2.45) is 0 Å². The molecule has 7 heavy (non-hydrogen) atoms. The van der Waals surface area contributed by atoms with E-state index in [1.54, 1.807) is 0 Å². The third-order valence-corrected chi connectivity index (χ3v) is 0. The number of rotatable bonds is 0. The van der Waals surface area contributed by atoms with Gasteiger partial charge in [-0.25, -0.2) is 0 Å². The Morgan fingerprint density at radius 3 is 0.714 bits per heavy atom. The summed E-state index contributed by atoms with van der Waals surface area (Å²) in [7, 11) is 0. The van der Waals surface area contributed by atoms with Gasteiger partial charge in [0.15, 0.2) is 0 Å². The summed E-state index contributed by atoms with van der Waals surface area (Å²) in [5.41, 5.74) is 0. The van der Waals surface area contributed by atoms with E-state index in [9.17, 15) is 0 Å². The van der Waals surface area contributed by atoms with Crippen LogP contribution in [0.2, 0.25) is 0 Å². The van der Waals surface area contributed by atoms with Gasteiger partial charge in [-0.15, -0.1) is 0 Å². The van der Waals surface area contributed by atoms with Gasteiger partial charge in [0.2, 0.25) is 0 Å². The van der Waals surface area contributed by atoms with Gasteiger partial charge in [0.1, 0.15) is 0 Å². The smallest absolute Gasteiger partial charge is 0.429 e. The van der Waals surface area contributed by atoms with E-state index in [1.807, 2.05) is 0 Å². The third kappa shape index (κ3) is 3110. The average molecular weight is 122 g/mol. The minimum atomic E-state index is 0. The first-order valence-corrected chi connectivity index (χ1v) is 1.03. The second kappa shape index (κ2) is 34.8. The lowest BCUT2D eigenvalue weighted by molar-refractivity contribution is 0.447. The molecule has 42 valence electrons. The molecule has 7 heteroatoms. The molecule has 4 nitrogen and oxygen atoms in total. The van der Waals surface area contributed by atoms with Gasteiger partial charge < -0.3 is 20.1 Å². The Morgan fingerprint density at radius 2 is 0.714 bits per heavy atom. The Labute approximate surface area is 47.4 Å². The first kappa shape index (κ1) is 15.7. The van der Waals surface area contributed by atoms with E-state index in [0.717, 1.165) is 0 Å². The molecule has 0 amide bonds. The van der Waals surface area contributed by atoms with Crippen molar-refractivity contribution in [3.05, 3.63) is 0 Å². The van der Waals surface area contributed by atoms with Gasteiger partial charge in [-0.1, -0.05) is 0 Å². The topological polar surface area (TPSA) is 80.9 Å². The largest absolute Gasteiger partial charge is 0.482 e. The quantitative estimate of drug-likeness (QED) is 0.244. The van der Waals surface area contributed by atoms with Gasteiger partial charge in [0.25, 0.3) is 0 Å². The summed E-state index contributed by atoms with van der Waals surface area (Å²) >= 11 is 0. The second-order valence-electron chi connectivity index (χ2n) is 0.231. The Morgan fingerprint density at radius 1 is 0.714 bits per heavy atom. The highest BCUT2D eigenvalue weighted by atomic mass is 28.1. The molecule has 0 spiro atoms. The predicted molar refractivity (Wildman–Crippen MR) is 31.7 cm³/mol. The lowest BCUT2D eigenvalue weighted by Crippen LogP contribution is -1.75. The molecule has 4 N–H and O–H groups in total. The normalized spacial score (nSPS) is 4.00. The van der Waals surface area contributed by atoms with Crippen molar-refractivity contribution in [1.82, 2.24) is 0 Å².